The van der Waals surface area contributed by atoms with Crippen LogP contribution in [0.2, 0.25) is 0 Å². The van der Waals surface area contributed by atoms with Crippen LogP contribution in [0.3, 0.4) is 0 Å². The smallest absolute Gasteiger partial charge is 0.257 e. The van der Waals surface area contributed by atoms with Crippen molar-refractivity contribution in [2.45, 2.75) is 20.3 Å². The lowest BCUT2D eigenvalue weighted by molar-refractivity contribution is 0.0955. The van der Waals surface area contributed by atoms with Gasteiger partial charge in [0.15, 0.2) is 0 Å². The van der Waals surface area contributed by atoms with Gasteiger partial charge in [0.2, 0.25) is 0 Å². The van der Waals surface area contributed by atoms with Crippen molar-refractivity contribution in [1.82, 2.24) is 10.5 Å². The van der Waals surface area contributed by atoms with Crippen LogP contribution in [0.4, 0.5) is 0 Å². The maximum atomic E-state index is 11.7. The Bertz CT molecular complexity index is 385. The molecular formula is C10H13BrN2O2. The number of carbonyl (C=O) groups is 1. The highest BCUT2D eigenvalue weighted by Gasteiger charge is 2.18. The van der Waals surface area contributed by atoms with E-state index < -0.39 is 0 Å². The molecule has 1 aromatic rings. The number of rotatable bonds is 4. The van der Waals surface area contributed by atoms with E-state index in [9.17, 15) is 4.79 Å². The van der Waals surface area contributed by atoms with Crippen molar-refractivity contribution in [2.75, 3.05) is 6.54 Å². The molecule has 15 heavy (non-hydrogen) atoms. The first-order chi connectivity index (χ1) is 7.06. The highest BCUT2D eigenvalue weighted by atomic mass is 79.9. The predicted molar refractivity (Wildman–Crippen MR) is 61.0 cm³/mol. The molecule has 0 fully saturated rings. The molecule has 5 heteroatoms. The van der Waals surface area contributed by atoms with Gasteiger partial charge in [0.25, 0.3) is 5.91 Å². The third kappa shape index (κ3) is 2.92. The summed E-state index contributed by atoms with van der Waals surface area (Å²) in [5.74, 6) is 0.371. The number of carbonyl (C=O) groups excluding carboxylic acids is 1. The average Bonchev–Trinajstić information content (AvgIpc) is 2.56. The van der Waals surface area contributed by atoms with Crippen molar-refractivity contribution in [1.29, 1.82) is 0 Å². The van der Waals surface area contributed by atoms with Crippen LogP contribution in [0.5, 0.6) is 0 Å². The van der Waals surface area contributed by atoms with E-state index in [1.54, 1.807) is 6.92 Å². The fraction of sp³-hybridized carbons (Fsp3) is 0.400. The van der Waals surface area contributed by atoms with Crippen LogP contribution >= 0.6 is 15.9 Å². The van der Waals surface area contributed by atoms with E-state index in [2.05, 4.69) is 33.0 Å². The summed E-state index contributed by atoms with van der Waals surface area (Å²) in [6.45, 7) is 7.69. The van der Waals surface area contributed by atoms with Crippen molar-refractivity contribution < 1.29 is 9.32 Å². The van der Waals surface area contributed by atoms with Gasteiger partial charge >= 0.3 is 0 Å². The van der Waals surface area contributed by atoms with Gasteiger partial charge in [-0.2, -0.15) is 0 Å². The lowest BCUT2D eigenvalue weighted by Crippen LogP contribution is -2.25. The minimum atomic E-state index is -0.175. The Kier molecular flexibility index (Phi) is 4.08. The van der Waals surface area contributed by atoms with Gasteiger partial charge in [-0.15, -0.1) is 0 Å². The van der Waals surface area contributed by atoms with Gasteiger partial charge in [0.1, 0.15) is 11.3 Å². The normalized spacial score (nSPS) is 10.1. The Morgan fingerprint density at radius 2 is 2.33 bits per heavy atom. The summed E-state index contributed by atoms with van der Waals surface area (Å²) in [7, 11) is 0. The zero-order chi connectivity index (χ0) is 11.4. The van der Waals surface area contributed by atoms with Gasteiger partial charge in [-0.25, -0.2) is 0 Å². The first-order valence-electron chi connectivity index (χ1n) is 4.62. The first-order valence-corrected chi connectivity index (χ1v) is 5.42. The summed E-state index contributed by atoms with van der Waals surface area (Å²) >= 11 is 3.17. The van der Waals surface area contributed by atoms with Crippen molar-refractivity contribution >= 4 is 21.8 Å². The topological polar surface area (TPSA) is 55.1 Å². The number of aromatic nitrogens is 1. The first kappa shape index (κ1) is 12.0. The van der Waals surface area contributed by atoms with Crippen LogP contribution in [0.15, 0.2) is 15.6 Å². The minimum absolute atomic E-state index is 0.175. The number of aryl methyl sites for hydroxylation is 2. The van der Waals surface area contributed by atoms with Crippen molar-refractivity contribution in [3.63, 3.8) is 0 Å². The lowest BCUT2D eigenvalue weighted by Gasteiger charge is -2.03. The average molecular weight is 273 g/mol. The molecule has 1 heterocycles. The summed E-state index contributed by atoms with van der Waals surface area (Å²) in [5, 5.41) is 6.53. The molecule has 1 aromatic heterocycles. The molecule has 82 valence electrons. The van der Waals surface area contributed by atoms with E-state index in [4.69, 9.17) is 4.52 Å². The third-order valence-corrected chi connectivity index (χ3v) is 2.22. The quantitative estimate of drug-likeness (QED) is 0.914. The molecule has 0 radical (unpaired) electrons. The lowest BCUT2D eigenvalue weighted by atomic mass is 10.1. The standard InChI is InChI=1S/C10H13BrN2O2/c1-4-8-9(7(3)15-13-8)10(14)12-5-6(2)11/h2,4-5H2,1,3H3,(H,12,14). The molecular weight excluding hydrogens is 260 g/mol. The van der Waals surface area contributed by atoms with Crippen LogP contribution in [0.25, 0.3) is 0 Å². The second-order valence-electron chi connectivity index (χ2n) is 3.11. The Morgan fingerprint density at radius 1 is 1.67 bits per heavy atom. The molecule has 0 aliphatic rings. The van der Waals surface area contributed by atoms with Crippen molar-refractivity contribution in [2.24, 2.45) is 0 Å². The molecule has 0 atom stereocenters. The third-order valence-electron chi connectivity index (χ3n) is 1.94. The predicted octanol–water partition coefficient (Wildman–Crippen LogP) is 2.18. The minimum Gasteiger partial charge on any atom is -0.361 e. The molecule has 0 spiro atoms. The van der Waals surface area contributed by atoms with Crippen LogP contribution in [0, 0.1) is 6.92 Å². The summed E-state index contributed by atoms with van der Waals surface area (Å²) < 4.78 is 5.69. The molecule has 0 saturated heterocycles. The van der Waals surface area contributed by atoms with Crippen LogP contribution in [-0.2, 0) is 6.42 Å². The molecule has 0 aliphatic heterocycles. The van der Waals surface area contributed by atoms with Gasteiger partial charge < -0.3 is 9.84 Å². The van der Waals surface area contributed by atoms with Crippen LogP contribution < -0.4 is 5.32 Å². The summed E-state index contributed by atoms with van der Waals surface area (Å²) in [5.41, 5.74) is 1.22. The second-order valence-corrected chi connectivity index (χ2v) is 4.24. The Hall–Kier alpha value is -1.10. The van der Waals surface area contributed by atoms with Gasteiger partial charge in [0, 0.05) is 11.0 Å². The number of nitrogens with one attached hydrogen (secondary N) is 1. The van der Waals surface area contributed by atoms with E-state index in [-0.39, 0.29) is 5.91 Å². The van der Waals surface area contributed by atoms with Gasteiger partial charge in [-0.1, -0.05) is 34.6 Å². The highest BCUT2D eigenvalue weighted by molar-refractivity contribution is 9.11. The largest absolute Gasteiger partial charge is 0.361 e. The van der Waals surface area contributed by atoms with Crippen LogP contribution in [0.1, 0.15) is 28.7 Å². The molecule has 0 saturated carbocycles. The maximum absolute atomic E-state index is 11.7. The SMILES string of the molecule is C=C(Br)CNC(=O)c1c(CC)noc1C. The van der Waals surface area contributed by atoms with E-state index in [1.165, 1.54) is 0 Å². The van der Waals surface area contributed by atoms with Gasteiger partial charge in [-0.05, 0) is 13.3 Å². The van der Waals surface area contributed by atoms with E-state index >= 15 is 0 Å². The van der Waals surface area contributed by atoms with E-state index in [0.717, 1.165) is 4.48 Å². The van der Waals surface area contributed by atoms with E-state index in [1.807, 2.05) is 6.92 Å². The van der Waals surface area contributed by atoms with Gasteiger partial charge in [0.05, 0.1) is 5.69 Å². The Balaban J connectivity index is 2.80. The number of amides is 1. The summed E-state index contributed by atoms with van der Waals surface area (Å²) in [4.78, 5) is 11.7. The Morgan fingerprint density at radius 3 is 2.87 bits per heavy atom. The highest BCUT2D eigenvalue weighted by Crippen LogP contribution is 2.13. The van der Waals surface area contributed by atoms with Gasteiger partial charge in [-0.3, -0.25) is 4.79 Å². The number of nitrogens with zero attached hydrogens (tertiary/aromatic N) is 1. The summed E-state index contributed by atoms with van der Waals surface area (Å²) in [6, 6.07) is 0. The van der Waals surface area contributed by atoms with Crippen molar-refractivity contribution in [3.05, 3.63) is 28.1 Å². The Labute approximate surface area is 96.8 Å². The zero-order valence-electron chi connectivity index (χ0n) is 8.76. The second kappa shape index (κ2) is 5.11. The maximum Gasteiger partial charge on any atom is 0.257 e. The molecule has 4 nitrogen and oxygen atoms in total. The number of hydrogen-bond acceptors (Lipinski definition) is 3. The monoisotopic (exact) mass is 272 g/mol. The van der Waals surface area contributed by atoms with Crippen LogP contribution in [-0.4, -0.2) is 17.6 Å². The number of hydrogen-bond donors (Lipinski definition) is 1. The molecule has 1 amide bonds. The van der Waals surface area contributed by atoms with E-state index in [0.29, 0.717) is 30.0 Å². The molecule has 0 aliphatic carbocycles. The molecule has 1 rings (SSSR count). The fourth-order valence-electron chi connectivity index (χ4n) is 1.21. The zero-order valence-corrected chi connectivity index (χ0v) is 10.3. The molecule has 1 N–H and O–H groups in total. The molecule has 0 unspecified atom stereocenters. The van der Waals surface area contributed by atoms with Crippen molar-refractivity contribution in [3.8, 4) is 0 Å². The fourth-order valence-corrected chi connectivity index (χ4v) is 1.36. The summed E-state index contributed by atoms with van der Waals surface area (Å²) in [6.07, 6.45) is 0.676. The molecule has 0 bridgehead atoms. The number of halogens is 1. The molecule has 0 aromatic carbocycles.